The van der Waals surface area contributed by atoms with Crippen molar-refractivity contribution in [2.45, 2.75) is 26.2 Å². The summed E-state index contributed by atoms with van der Waals surface area (Å²) in [5.74, 6) is 1.12. The van der Waals surface area contributed by atoms with Crippen molar-refractivity contribution in [1.29, 1.82) is 0 Å². The molecule has 2 unspecified atom stereocenters. The zero-order valence-electron chi connectivity index (χ0n) is 12.9. The number of hydrogen-bond acceptors (Lipinski definition) is 4. The van der Waals surface area contributed by atoms with Crippen LogP contribution in [-0.4, -0.2) is 34.2 Å². The van der Waals surface area contributed by atoms with E-state index in [1.54, 1.807) is 6.20 Å². The van der Waals surface area contributed by atoms with E-state index in [4.69, 9.17) is 4.74 Å². The van der Waals surface area contributed by atoms with E-state index in [-0.39, 0.29) is 6.10 Å². The zero-order valence-corrected chi connectivity index (χ0v) is 12.9. The number of aromatic nitrogens is 1. The minimum absolute atomic E-state index is 0.217. The maximum absolute atomic E-state index is 9.83. The van der Waals surface area contributed by atoms with Gasteiger partial charge in [-0.05, 0) is 23.1 Å². The molecular weight excluding hydrogens is 276 g/mol. The van der Waals surface area contributed by atoms with Crippen LogP contribution in [0.3, 0.4) is 0 Å². The molecule has 2 aromatic rings. The van der Waals surface area contributed by atoms with Gasteiger partial charge < -0.3 is 9.84 Å². The van der Waals surface area contributed by atoms with E-state index in [2.05, 4.69) is 16.8 Å². The molecular formula is C18H22N2O2. The Labute approximate surface area is 131 Å². The summed E-state index contributed by atoms with van der Waals surface area (Å²) >= 11 is 0. The summed E-state index contributed by atoms with van der Waals surface area (Å²) in [5, 5.41) is 9.83. The minimum atomic E-state index is -0.217. The first-order valence-electron chi connectivity index (χ1n) is 7.72. The first-order chi connectivity index (χ1) is 10.7. The van der Waals surface area contributed by atoms with E-state index in [1.165, 1.54) is 0 Å². The molecule has 1 aliphatic rings. The third-order valence-electron chi connectivity index (χ3n) is 4.07. The van der Waals surface area contributed by atoms with Gasteiger partial charge in [0.15, 0.2) is 0 Å². The molecule has 1 aromatic heterocycles. The SMILES string of the molecule is CC1CN(Cc2cncc(OCc3ccccc3)c2)CC1O. The topological polar surface area (TPSA) is 45.6 Å². The molecule has 1 aromatic carbocycles. The molecule has 0 spiro atoms. The number of hydrogen-bond donors (Lipinski definition) is 1. The average molecular weight is 298 g/mol. The molecule has 4 nitrogen and oxygen atoms in total. The lowest BCUT2D eigenvalue weighted by molar-refractivity contribution is 0.147. The summed E-state index contributed by atoms with van der Waals surface area (Å²) < 4.78 is 5.81. The maximum Gasteiger partial charge on any atom is 0.138 e. The molecule has 4 heteroatoms. The fourth-order valence-electron chi connectivity index (χ4n) is 2.81. The van der Waals surface area contributed by atoms with Gasteiger partial charge in [0.05, 0.1) is 12.3 Å². The molecule has 3 rings (SSSR count). The van der Waals surface area contributed by atoms with E-state index >= 15 is 0 Å². The summed E-state index contributed by atoms with van der Waals surface area (Å²) in [6, 6.07) is 12.1. The lowest BCUT2D eigenvalue weighted by Gasteiger charge is -2.15. The lowest BCUT2D eigenvalue weighted by atomic mass is 10.1. The summed E-state index contributed by atoms with van der Waals surface area (Å²) in [6.45, 7) is 5.09. The molecule has 0 saturated carbocycles. The molecule has 1 aliphatic heterocycles. The number of benzene rings is 1. The highest BCUT2D eigenvalue weighted by molar-refractivity contribution is 5.24. The number of pyridine rings is 1. The van der Waals surface area contributed by atoms with E-state index in [9.17, 15) is 5.11 Å². The van der Waals surface area contributed by atoms with Gasteiger partial charge in [-0.2, -0.15) is 0 Å². The van der Waals surface area contributed by atoms with Crippen molar-refractivity contribution >= 4 is 0 Å². The second-order valence-corrected chi connectivity index (χ2v) is 6.04. The van der Waals surface area contributed by atoms with E-state index in [0.717, 1.165) is 36.5 Å². The Bertz CT molecular complexity index is 593. The predicted molar refractivity (Wildman–Crippen MR) is 85.5 cm³/mol. The highest BCUT2D eigenvalue weighted by atomic mass is 16.5. The van der Waals surface area contributed by atoms with Crippen molar-refractivity contribution in [3.05, 3.63) is 59.9 Å². The van der Waals surface area contributed by atoms with Crippen LogP contribution in [0.4, 0.5) is 0 Å². The van der Waals surface area contributed by atoms with Crippen LogP contribution in [0.2, 0.25) is 0 Å². The van der Waals surface area contributed by atoms with Crippen LogP contribution in [-0.2, 0) is 13.2 Å². The third-order valence-corrected chi connectivity index (χ3v) is 4.07. The lowest BCUT2D eigenvalue weighted by Crippen LogP contribution is -2.21. The molecule has 22 heavy (non-hydrogen) atoms. The average Bonchev–Trinajstić information content (AvgIpc) is 2.84. The van der Waals surface area contributed by atoms with Gasteiger partial charge in [0.2, 0.25) is 0 Å². The van der Waals surface area contributed by atoms with Crippen LogP contribution in [0.1, 0.15) is 18.1 Å². The van der Waals surface area contributed by atoms with Gasteiger partial charge in [0.1, 0.15) is 12.4 Å². The Balaban J connectivity index is 1.58. The molecule has 0 bridgehead atoms. The van der Waals surface area contributed by atoms with Crippen LogP contribution in [0, 0.1) is 5.92 Å². The molecule has 0 amide bonds. The molecule has 0 radical (unpaired) electrons. The van der Waals surface area contributed by atoms with Crippen LogP contribution >= 0.6 is 0 Å². The first-order valence-corrected chi connectivity index (χ1v) is 7.72. The van der Waals surface area contributed by atoms with Gasteiger partial charge in [0, 0.05) is 25.8 Å². The van der Waals surface area contributed by atoms with Crippen molar-refractivity contribution < 1.29 is 9.84 Å². The highest BCUT2D eigenvalue weighted by Gasteiger charge is 2.27. The van der Waals surface area contributed by atoms with Crippen molar-refractivity contribution in [3.8, 4) is 5.75 Å². The molecule has 116 valence electrons. The quantitative estimate of drug-likeness (QED) is 0.921. The Hall–Kier alpha value is -1.91. The standard InChI is InChI=1S/C18H22N2O2/c1-14-10-20(12-18(14)21)11-16-7-17(9-19-8-16)22-13-15-5-3-2-4-6-15/h2-9,14,18,21H,10-13H2,1H3. The largest absolute Gasteiger partial charge is 0.487 e. The molecule has 1 fully saturated rings. The molecule has 0 aliphatic carbocycles. The van der Waals surface area contributed by atoms with Gasteiger partial charge in [-0.1, -0.05) is 37.3 Å². The van der Waals surface area contributed by atoms with E-state index in [0.29, 0.717) is 12.5 Å². The molecule has 1 N–H and O–H groups in total. The predicted octanol–water partition coefficient (Wildman–Crippen LogP) is 2.47. The van der Waals surface area contributed by atoms with Crippen LogP contribution in [0.15, 0.2) is 48.8 Å². The van der Waals surface area contributed by atoms with Crippen molar-refractivity contribution in [2.24, 2.45) is 5.92 Å². The number of β-amino-alcohol motifs (C(OH)–C–C–N with tert-alkyl or cyclic N) is 1. The minimum Gasteiger partial charge on any atom is -0.487 e. The normalized spacial score (nSPS) is 21.9. The molecule has 2 atom stereocenters. The Morgan fingerprint density at radius 1 is 1.18 bits per heavy atom. The Morgan fingerprint density at radius 2 is 2.00 bits per heavy atom. The third kappa shape index (κ3) is 3.84. The fourth-order valence-corrected chi connectivity index (χ4v) is 2.81. The molecule has 2 heterocycles. The number of aliphatic hydroxyl groups is 1. The van der Waals surface area contributed by atoms with E-state index < -0.39 is 0 Å². The van der Waals surface area contributed by atoms with E-state index in [1.807, 2.05) is 42.6 Å². The summed E-state index contributed by atoms with van der Waals surface area (Å²) in [6.07, 6.45) is 3.39. The van der Waals surface area contributed by atoms with Crippen LogP contribution in [0.5, 0.6) is 5.75 Å². The number of likely N-dealkylation sites (tertiary alicyclic amines) is 1. The van der Waals surface area contributed by atoms with Crippen LogP contribution in [0.25, 0.3) is 0 Å². The van der Waals surface area contributed by atoms with Gasteiger partial charge in [-0.25, -0.2) is 0 Å². The number of aliphatic hydroxyl groups excluding tert-OH is 1. The zero-order chi connectivity index (χ0) is 15.4. The summed E-state index contributed by atoms with van der Waals surface area (Å²) in [7, 11) is 0. The number of ether oxygens (including phenoxy) is 1. The van der Waals surface area contributed by atoms with Crippen molar-refractivity contribution in [1.82, 2.24) is 9.88 Å². The number of rotatable bonds is 5. The Kier molecular flexibility index (Phi) is 4.71. The van der Waals surface area contributed by atoms with Gasteiger partial charge in [0.25, 0.3) is 0 Å². The second-order valence-electron chi connectivity index (χ2n) is 6.04. The summed E-state index contributed by atoms with van der Waals surface area (Å²) in [5.41, 5.74) is 2.26. The first kappa shape index (κ1) is 15.0. The van der Waals surface area contributed by atoms with Crippen LogP contribution < -0.4 is 4.74 Å². The Morgan fingerprint density at radius 3 is 2.73 bits per heavy atom. The smallest absolute Gasteiger partial charge is 0.138 e. The second kappa shape index (κ2) is 6.90. The number of nitrogens with zero attached hydrogens (tertiary/aromatic N) is 2. The fraction of sp³-hybridized carbons (Fsp3) is 0.389. The van der Waals surface area contributed by atoms with Crippen molar-refractivity contribution in [2.75, 3.05) is 13.1 Å². The molecule has 1 saturated heterocycles. The maximum atomic E-state index is 9.83. The van der Waals surface area contributed by atoms with Gasteiger partial charge >= 0.3 is 0 Å². The van der Waals surface area contributed by atoms with Gasteiger partial charge in [-0.3, -0.25) is 9.88 Å². The monoisotopic (exact) mass is 298 g/mol. The highest BCUT2D eigenvalue weighted by Crippen LogP contribution is 2.20. The van der Waals surface area contributed by atoms with Crippen molar-refractivity contribution in [3.63, 3.8) is 0 Å². The summed E-state index contributed by atoms with van der Waals surface area (Å²) in [4.78, 5) is 6.52. The van der Waals surface area contributed by atoms with Gasteiger partial charge in [-0.15, -0.1) is 0 Å².